The van der Waals surface area contributed by atoms with Gasteiger partial charge in [-0.15, -0.1) is 0 Å². The molecule has 0 radical (unpaired) electrons. The van der Waals surface area contributed by atoms with Crippen molar-refractivity contribution < 1.29 is 9.47 Å². The van der Waals surface area contributed by atoms with E-state index >= 15 is 0 Å². The lowest BCUT2D eigenvalue weighted by Crippen LogP contribution is -2.27. The fourth-order valence-electron chi connectivity index (χ4n) is 2.65. The molecule has 1 fully saturated rings. The molecule has 0 aromatic heterocycles. The third kappa shape index (κ3) is 3.25. The molecule has 1 aliphatic rings. The summed E-state index contributed by atoms with van der Waals surface area (Å²) in [5, 5.41) is 0. The molecule has 0 aliphatic carbocycles. The molecule has 0 unspecified atom stereocenters. The van der Waals surface area contributed by atoms with E-state index in [9.17, 15) is 0 Å². The molecule has 1 aromatic carbocycles. The Morgan fingerprint density at radius 1 is 0.895 bits per heavy atom. The summed E-state index contributed by atoms with van der Waals surface area (Å²) in [6.07, 6.45) is 6.43. The maximum Gasteiger partial charge on any atom is 0.162 e. The maximum atomic E-state index is 6.16. The van der Waals surface area contributed by atoms with E-state index in [0.29, 0.717) is 5.75 Å². The van der Waals surface area contributed by atoms with Crippen LogP contribution in [-0.2, 0) is 0 Å². The van der Waals surface area contributed by atoms with E-state index in [1.54, 1.807) is 14.2 Å². The van der Waals surface area contributed by atoms with Crippen molar-refractivity contribution in [3.8, 4) is 11.5 Å². The molecule has 1 heterocycles. The van der Waals surface area contributed by atoms with E-state index in [4.69, 9.17) is 15.2 Å². The van der Waals surface area contributed by atoms with Gasteiger partial charge >= 0.3 is 0 Å². The number of anilines is 2. The number of ether oxygens (including phenoxy) is 2. The Balaban J connectivity index is 2.26. The van der Waals surface area contributed by atoms with Crippen LogP contribution in [0.15, 0.2) is 12.1 Å². The van der Waals surface area contributed by atoms with E-state index < -0.39 is 0 Å². The van der Waals surface area contributed by atoms with Gasteiger partial charge in [0.1, 0.15) is 0 Å². The van der Waals surface area contributed by atoms with Crippen molar-refractivity contribution >= 4 is 11.4 Å². The van der Waals surface area contributed by atoms with Crippen LogP contribution in [-0.4, -0.2) is 27.3 Å². The van der Waals surface area contributed by atoms with E-state index in [1.807, 2.05) is 12.1 Å². The lowest BCUT2D eigenvalue weighted by atomic mass is 10.1. The number of nitrogen functional groups attached to an aromatic ring is 1. The minimum absolute atomic E-state index is 0.691. The fourth-order valence-corrected chi connectivity index (χ4v) is 2.65. The average Bonchev–Trinajstić information content (AvgIpc) is 2.39. The summed E-state index contributed by atoms with van der Waals surface area (Å²) < 4.78 is 10.7. The van der Waals surface area contributed by atoms with E-state index in [2.05, 4.69) is 4.90 Å². The van der Waals surface area contributed by atoms with Gasteiger partial charge in [-0.25, -0.2) is 0 Å². The molecule has 1 aliphatic heterocycles. The molecule has 0 bridgehead atoms. The lowest BCUT2D eigenvalue weighted by Gasteiger charge is -2.28. The molecule has 4 nitrogen and oxygen atoms in total. The van der Waals surface area contributed by atoms with Gasteiger partial charge < -0.3 is 20.1 Å². The van der Waals surface area contributed by atoms with Gasteiger partial charge in [0.05, 0.1) is 25.6 Å². The maximum absolute atomic E-state index is 6.16. The predicted molar refractivity (Wildman–Crippen MR) is 79.3 cm³/mol. The molecular formula is C15H24N2O2. The summed E-state index contributed by atoms with van der Waals surface area (Å²) in [7, 11) is 3.29. The normalized spacial score (nSPS) is 16.6. The zero-order chi connectivity index (χ0) is 13.7. The smallest absolute Gasteiger partial charge is 0.162 e. The first-order valence-electron chi connectivity index (χ1n) is 7.02. The quantitative estimate of drug-likeness (QED) is 0.852. The predicted octanol–water partition coefficient (Wildman–Crippen LogP) is 3.06. The van der Waals surface area contributed by atoms with Crippen molar-refractivity contribution in [2.75, 3.05) is 37.9 Å². The molecule has 2 N–H and O–H groups in total. The molecule has 4 heteroatoms. The third-order valence-electron chi connectivity index (χ3n) is 3.73. The molecular weight excluding hydrogens is 240 g/mol. The molecule has 0 amide bonds. The number of nitrogens with zero attached hydrogens (tertiary/aromatic N) is 1. The summed E-state index contributed by atoms with van der Waals surface area (Å²) in [6, 6.07) is 3.85. The highest BCUT2D eigenvalue weighted by molar-refractivity contribution is 5.73. The minimum Gasteiger partial charge on any atom is -0.493 e. The first-order valence-corrected chi connectivity index (χ1v) is 7.02. The van der Waals surface area contributed by atoms with Crippen LogP contribution in [0.25, 0.3) is 0 Å². The highest BCUT2D eigenvalue weighted by atomic mass is 16.5. The summed E-state index contributed by atoms with van der Waals surface area (Å²) in [4.78, 5) is 2.37. The van der Waals surface area contributed by atoms with Crippen LogP contribution in [0.4, 0.5) is 11.4 Å². The SMILES string of the molecule is COc1cc(N)c(N2CCCCCCC2)cc1OC. The largest absolute Gasteiger partial charge is 0.493 e. The van der Waals surface area contributed by atoms with Crippen LogP contribution in [0, 0.1) is 0 Å². The van der Waals surface area contributed by atoms with Gasteiger partial charge in [-0.3, -0.25) is 0 Å². The Labute approximate surface area is 115 Å². The van der Waals surface area contributed by atoms with E-state index in [0.717, 1.165) is 30.2 Å². The standard InChI is InChI=1S/C15H24N2O2/c1-18-14-10-12(16)13(11-15(14)19-2)17-8-6-4-3-5-7-9-17/h10-11H,3-9,16H2,1-2H3. The lowest BCUT2D eigenvalue weighted by molar-refractivity contribution is 0.355. The average molecular weight is 264 g/mol. The van der Waals surface area contributed by atoms with Crippen molar-refractivity contribution in [2.45, 2.75) is 32.1 Å². The number of rotatable bonds is 3. The Morgan fingerprint density at radius 3 is 2.00 bits per heavy atom. The van der Waals surface area contributed by atoms with E-state index in [1.165, 1.54) is 32.1 Å². The van der Waals surface area contributed by atoms with Gasteiger partial charge in [0.25, 0.3) is 0 Å². The van der Waals surface area contributed by atoms with Crippen LogP contribution in [0.3, 0.4) is 0 Å². The summed E-state index contributed by atoms with van der Waals surface area (Å²) in [5.41, 5.74) is 8.00. The van der Waals surface area contributed by atoms with Crippen molar-refractivity contribution in [1.82, 2.24) is 0 Å². The molecule has 1 saturated heterocycles. The Morgan fingerprint density at radius 2 is 1.42 bits per heavy atom. The van der Waals surface area contributed by atoms with Crippen molar-refractivity contribution in [2.24, 2.45) is 0 Å². The number of hydrogen-bond donors (Lipinski definition) is 1. The first-order chi connectivity index (χ1) is 9.26. The van der Waals surface area contributed by atoms with Gasteiger partial charge in [0, 0.05) is 25.2 Å². The van der Waals surface area contributed by atoms with Gasteiger partial charge in [-0.1, -0.05) is 19.3 Å². The second-order valence-corrected chi connectivity index (χ2v) is 5.02. The van der Waals surface area contributed by atoms with Gasteiger partial charge in [0.15, 0.2) is 11.5 Å². The molecule has 0 saturated carbocycles. The molecule has 2 rings (SSSR count). The number of nitrogens with two attached hydrogens (primary N) is 1. The number of hydrogen-bond acceptors (Lipinski definition) is 4. The fraction of sp³-hybridized carbons (Fsp3) is 0.600. The minimum atomic E-state index is 0.691. The van der Waals surface area contributed by atoms with Crippen molar-refractivity contribution in [1.29, 1.82) is 0 Å². The zero-order valence-electron chi connectivity index (χ0n) is 11.9. The molecule has 19 heavy (non-hydrogen) atoms. The number of methoxy groups -OCH3 is 2. The van der Waals surface area contributed by atoms with Gasteiger partial charge in [0.2, 0.25) is 0 Å². The van der Waals surface area contributed by atoms with Crippen molar-refractivity contribution in [3.05, 3.63) is 12.1 Å². The highest BCUT2D eigenvalue weighted by Crippen LogP contribution is 2.37. The van der Waals surface area contributed by atoms with Crippen molar-refractivity contribution in [3.63, 3.8) is 0 Å². The Bertz CT molecular complexity index is 413. The number of benzene rings is 1. The Kier molecular flexibility index (Phi) is 4.77. The van der Waals surface area contributed by atoms with Crippen LogP contribution in [0.2, 0.25) is 0 Å². The molecule has 0 spiro atoms. The third-order valence-corrected chi connectivity index (χ3v) is 3.73. The molecule has 106 valence electrons. The monoisotopic (exact) mass is 264 g/mol. The van der Waals surface area contributed by atoms with Crippen LogP contribution < -0.4 is 20.1 Å². The second-order valence-electron chi connectivity index (χ2n) is 5.02. The van der Waals surface area contributed by atoms with Gasteiger partial charge in [-0.05, 0) is 12.8 Å². The second kappa shape index (κ2) is 6.55. The van der Waals surface area contributed by atoms with Crippen LogP contribution in [0.1, 0.15) is 32.1 Å². The topological polar surface area (TPSA) is 47.7 Å². The first kappa shape index (κ1) is 13.8. The van der Waals surface area contributed by atoms with Gasteiger partial charge in [-0.2, -0.15) is 0 Å². The summed E-state index contributed by atoms with van der Waals surface area (Å²) in [6.45, 7) is 2.14. The molecule has 1 aromatic rings. The summed E-state index contributed by atoms with van der Waals surface area (Å²) in [5.74, 6) is 1.43. The van der Waals surface area contributed by atoms with E-state index in [-0.39, 0.29) is 0 Å². The molecule has 0 atom stereocenters. The zero-order valence-corrected chi connectivity index (χ0v) is 11.9. The van der Waals surface area contributed by atoms with Crippen LogP contribution in [0.5, 0.6) is 11.5 Å². The summed E-state index contributed by atoms with van der Waals surface area (Å²) >= 11 is 0. The Hall–Kier alpha value is -1.58. The van der Waals surface area contributed by atoms with Crippen LogP contribution >= 0.6 is 0 Å². The highest BCUT2D eigenvalue weighted by Gasteiger charge is 2.15.